The quantitative estimate of drug-likeness (QED) is 0.871. The second kappa shape index (κ2) is 6.13. The first kappa shape index (κ1) is 15.9. The van der Waals surface area contributed by atoms with Crippen LogP contribution < -0.4 is 0 Å². The third-order valence-corrected chi connectivity index (χ3v) is 5.90. The summed E-state index contributed by atoms with van der Waals surface area (Å²) in [4.78, 5) is 11.0. The van der Waals surface area contributed by atoms with E-state index >= 15 is 0 Å². The number of nitrogens with zero attached hydrogens (tertiary/aromatic N) is 1. The Bertz CT molecular complexity index is 641. The molecule has 0 radical (unpaired) electrons. The molecular formula is C14H19NO5S. The first-order valence-corrected chi connectivity index (χ1v) is 8.28. The van der Waals surface area contributed by atoms with Crippen molar-refractivity contribution in [3.05, 3.63) is 29.3 Å². The molecule has 1 unspecified atom stereocenters. The van der Waals surface area contributed by atoms with E-state index in [0.717, 1.165) is 12.8 Å². The Morgan fingerprint density at radius 1 is 1.38 bits per heavy atom. The van der Waals surface area contributed by atoms with Crippen LogP contribution in [0.2, 0.25) is 0 Å². The number of carboxylic acids is 1. The van der Waals surface area contributed by atoms with Crippen molar-refractivity contribution in [3.8, 4) is 0 Å². The minimum absolute atomic E-state index is 0.00255. The molecule has 1 atom stereocenters. The van der Waals surface area contributed by atoms with Gasteiger partial charge in [-0.05, 0) is 37.5 Å². The summed E-state index contributed by atoms with van der Waals surface area (Å²) >= 11 is 0. The van der Waals surface area contributed by atoms with Gasteiger partial charge in [-0.2, -0.15) is 4.31 Å². The van der Waals surface area contributed by atoms with Gasteiger partial charge < -0.3 is 10.2 Å². The largest absolute Gasteiger partial charge is 0.478 e. The van der Waals surface area contributed by atoms with Crippen LogP contribution in [0.4, 0.5) is 0 Å². The lowest BCUT2D eigenvalue weighted by Gasteiger charge is -2.33. The summed E-state index contributed by atoms with van der Waals surface area (Å²) in [6, 6.07) is 3.64. The van der Waals surface area contributed by atoms with Crippen LogP contribution in [0.3, 0.4) is 0 Å². The molecule has 2 rings (SSSR count). The zero-order chi connectivity index (χ0) is 15.6. The summed E-state index contributed by atoms with van der Waals surface area (Å²) in [6.45, 7) is 1.76. The van der Waals surface area contributed by atoms with E-state index in [2.05, 4.69) is 0 Å². The molecule has 2 N–H and O–H groups in total. The number of aliphatic hydroxyl groups excluding tert-OH is 1. The molecule has 21 heavy (non-hydrogen) atoms. The Balaban J connectivity index is 2.47. The van der Waals surface area contributed by atoms with E-state index in [0.29, 0.717) is 18.5 Å². The van der Waals surface area contributed by atoms with Gasteiger partial charge in [0, 0.05) is 12.6 Å². The number of carbonyl (C=O) groups is 1. The molecular weight excluding hydrogens is 294 g/mol. The molecule has 1 aromatic carbocycles. The van der Waals surface area contributed by atoms with Crippen LogP contribution in [-0.2, 0) is 10.0 Å². The Morgan fingerprint density at radius 2 is 2.10 bits per heavy atom. The molecule has 0 aliphatic carbocycles. The number of aryl methyl sites for hydroxylation is 1. The SMILES string of the molecule is Cc1ccc(C(=O)O)cc1S(=O)(=O)N1CCCCC1CO. The summed E-state index contributed by atoms with van der Waals surface area (Å²) in [5.41, 5.74) is 0.444. The van der Waals surface area contributed by atoms with Crippen molar-refractivity contribution in [2.45, 2.75) is 37.1 Å². The number of rotatable bonds is 4. The molecule has 0 bridgehead atoms. The molecule has 1 saturated heterocycles. The maximum atomic E-state index is 12.8. The highest BCUT2D eigenvalue weighted by Crippen LogP contribution is 2.27. The third-order valence-electron chi connectivity index (χ3n) is 3.81. The molecule has 1 heterocycles. The van der Waals surface area contributed by atoms with Gasteiger partial charge in [0.15, 0.2) is 0 Å². The summed E-state index contributed by atoms with van der Waals surface area (Å²) in [7, 11) is -3.80. The second-order valence-corrected chi connectivity index (χ2v) is 7.09. The molecule has 0 aromatic heterocycles. The van der Waals surface area contributed by atoms with Gasteiger partial charge in [0.25, 0.3) is 0 Å². The normalized spacial score (nSPS) is 20.4. The predicted octanol–water partition coefficient (Wildman–Crippen LogP) is 1.23. The third kappa shape index (κ3) is 3.09. The van der Waals surface area contributed by atoms with Crippen molar-refractivity contribution >= 4 is 16.0 Å². The van der Waals surface area contributed by atoms with Crippen molar-refractivity contribution < 1.29 is 23.4 Å². The van der Waals surface area contributed by atoms with Gasteiger partial charge in [-0.1, -0.05) is 12.5 Å². The highest BCUT2D eigenvalue weighted by molar-refractivity contribution is 7.89. The minimum Gasteiger partial charge on any atom is -0.478 e. The number of hydrogen-bond acceptors (Lipinski definition) is 4. The van der Waals surface area contributed by atoms with E-state index in [-0.39, 0.29) is 17.1 Å². The highest BCUT2D eigenvalue weighted by Gasteiger charge is 2.34. The maximum absolute atomic E-state index is 12.8. The molecule has 116 valence electrons. The molecule has 6 nitrogen and oxygen atoms in total. The van der Waals surface area contributed by atoms with Crippen LogP contribution in [0.15, 0.2) is 23.1 Å². The van der Waals surface area contributed by atoms with E-state index in [1.54, 1.807) is 6.92 Å². The highest BCUT2D eigenvalue weighted by atomic mass is 32.2. The van der Waals surface area contributed by atoms with Crippen LogP contribution in [0.25, 0.3) is 0 Å². The van der Waals surface area contributed by atoms with Gasteiger partial charge >= 0.3 is 5.97 Å². The summed E-state index contributed by atoms with van der Waals surface area (Å²) in [5, 5.41) is 18.4. The predicted molar refractivity (Wildman–Crippen MR) is 76.8 cm³/mol. The fraction of sp³-hybridized carbons (Fsp3) is 0.500. The lowest BCUT2D eigenvalue weighted by atomic mass is 10.1. The monoisotopic (exact) mass is 313 g/mol. The maximum Gasteiger partial charge on any atom is 0.335 e. The van der Waals surface area contributed by atoms with Crippen LogP contribution >= 0.6 is 0 Å². The van der Waals surface area contributed by atoms with Gasteiger partial charge in [0.1, 0.15) is 0 Å². The zero-order valence-corrected chi connectivity index (χ0v) is 12.6. The summed E-state index contributed by atoms with van der Waals surface area (Å²) in [5.74, 6) is -1.16. The van der Waals surface area contributed by atoms with Crippen molar-refractivity contribution in [2.75, 3.05) is 13.2 Å². The first-order valence-electron chi connectivity index (χ1n) is 6.84. The van der Waals surface area contributed by atoms with E-state index in [1.165, 1.54) is 22.5 Å². The van der Waals surface area contributed by atoms with Crippen LogP contribution in [-0.4, -0.2) is 48.1 Å². The number of piperidine rings is 1. The standard InChI is InChI=1S/C14H19NO5S/c1-10-5-6-11(14(17)18)8-13(10)21(19,20)15-7-3-2-4-12(15)9-16/h5-6,8,12,16H,2-4,7,9H2,1H3,(H,17,18). The van der Waals surface area contributed by atoms with Gasteiger partial charge in [-0.3, -0.25) is 0 Å². The first-order chi connectivity index (χ1) is 9.87. The Hall–Kier alpha value is -1.44. The van der Waals surface area contributed by atoms with Crippen LogP contribution in [0.1, 0.15) is 35.2 Å². The fourth-order valence-electron chi connectivity index (χ4n) is 2.61. The Morgan fingerprint density at radius 3 is 2.71 bits per heavy atom. The van der Waals surface area contributed by atoms with Crippen LogP contribution in [0, 0.1) is 6.92 Å². The fourth-order valence-corrected chi connectivity index (χ4v) is 4.55. The molecule has 1 aliphatic rings. The van der Waals surface area contributed by atoms with Crippen molar-refractivity contribution in [3.63, 3.8) is 0 Å². The lowest BCUT2D eigenvalue weighted by molar-refractivity contribution is 0.0696. The van der Waals surface area contributed by atoms with Crippen molar-refractivity contribution in [2.24, 2.45) is 0 Å². The molecule has 0 saturated carbocycles. The molecule has 7 heteroatoms. The van der Waals surface area contributed by atoms with Crippen LogP contribution in [0.5, 0.6) is 0 Å². The molecule has 1 fully saturated rings. The molecule has 0 spiro atoms. The number of benzene rings is 1. The van der Waals surface area contributed by atoms with E-state index in [1.807, 2.05) is 0 Å². The van der Waals surface area contributed by atoms with E-state index in [4.69, 9.17) is 5.11 Å². The van der Waals surface area contributed by atoms with Gasteiger partial charge in [0.05, 0.1) is 17.1 Å². The molecule has 1 aromatic rings. The average Bonchev–Trinajstić information content (AvgIpc) is 2.47. The smallest absolute Gasteiger partial charge is 0.335 e. The number of carboxylic acid groups (broad SMARTS) is 1. The van der Waals surface area contributed by atoms with Gasteiger partial charge in [-0.25, -0.2) is 13.2 Å². The number of aromatic carboxylic acids is 1. The minimum atomic E-state index is -3.80. The van der Waals surface area contributed by atoms with Gasteiger partial charge in [0.2, 0.25) is 10.0 Å². The van der Waals surface area contributed by atoms with E-state index in [9.17, 15) is 18.3 Å². The van der Waals surface area contributed by atoms with Gasteiger partial charge in [-0.15, -0.1) is 0 Å². The average molecular weight is 313 g/mol. The zero-order valence-electron chi connectivity index (χ0n) is 11.8. The number of aliphatic hydroxyl groups is 1. The van der Waals surface area contributed by atoms with Crippen molar-refractivity contribution in [1.29, 1.82) is 0 Å². The molecule has 0 amide bonds. The summed E-state index contributed by atoms with van der Waals surface area (Å²) < 4.78 is 26.8. The second-order valence-electron chi connectivity index (χ2n) is 5.23. The van der Waals surface area contributed by atoms with E-state index < -0.39 is 22.0 Å². The number of hydrogen-bond donors (Lipinski definition) is 2. The topological polar surface area (TPSA) is 94.9 Å². The number of sulfonamides is 1. The lowest BCUT2D eigenvalue weighted by Crippen LogP contribution is -2.45. The Labute approximate surface area is 124 Å². The van der Waals surface area contributed by atoms with Crippen molar-refractivity contribution in [1.82, 2.24) is 4.31 Å². The Kier molecular flexibility index (Phi) is 4.65. The summed E-state index contributed by atoms with van der Waals surface area (Å²) in [6.07, 6.45) is 2.24. The molecule has 1 aliphatic heterocycles.